The predicted octanol–water partition coefficient (Wildman–Crippen LogP) is 3.42. The summed E-state index contributed by atoms with van der Waals surface area (Å²) in [5.41, 5.74) is 3.82. The molecule has 1 aromatic heterocycles. The molecule has 29 heavy (non-hydrogen) atoms. The van der Waals surface area contributed by atoms with Crippen molar-refractivity contribution in [1.29, 1.82) is 0 Å². The second kappa shape index (κ2) is 9.27. The van der Waals surface area contributed by atoms with E-state index in [9.17, 15) is 9.90 Å². The fourth-order valence-electron chi connectivity index (χ4n) is 3.38. The lowest BCUT2D eigenvalue weighted by molar-refractivity contribution is 0.0240. The van der Waals surface area contributed by atoms with E-state index in [1.54, 1.807) is 4.90 Å². The van der Waals surface area contributed by atoms with Crippen LogP contribution in [-0.2, 0) is 24.2 Å². The molecule has 1 fully saturated rings. The third kappa shape index (κ3) is 6.19. The van der Waals surface area contributed by atoms with E-state index in [0.29, 0.717) is 13.1 Å². The number of piperazine rings is 1. The molecule has 3 rings (SSSR count). The van der Waals surface area contributed by atoms with Crippen molar-refractivity contribution in [3.63, 3.8) is 0 Å². The molecule has 2 aromatic rings. The summed E-state index contributed by atoms with van der Waals surface area (Å²) in [6.07, 6.45) is 3.44. The molecule has 1 aromatic carbocycles. The average Bonchev–Trinajstić information content (AvgIpc) is 2.72. The maximum atomic E-state index is 12.2. The van der Waals surface area contributed by atoms with Gasteiger partial charge in [0, 0.05) is 31.9 Å². The van der Waals surface area contributed by atoms with E-state index in [4.69, 9.17) is 4.74 Å². The topological polar surface area (TPSA) is 65.9 Å². The lowest BCUT2D eigenvalue weighted by Gasteiger charge is -2.36. The third-order valence-corrected chi connectivity index (χ3v) is 4.95. The van der Waals surface area contributed by atoms with Crippen LogP contribution in [0.4, 0.5) is 10.5 Å². The lowest BCUT2D eigenvalue weighted by atomic mass is 10.1. The molecule has 6 heteroatoms. The summed E-state index contributed by atoms with van der Waals surface area (Å²) in [6, 6.07) is 12.2. The fraction of sp³-hybridized carbons (Fsp3) is 0.478. The van der Waals surface area contributed by atoms with Crippen LogP contribution < -0.4 is 4.90 Å². The summed E-state index contributed by atoms with van der Waals surface area (Å²) in [7, 11) is 0. The van der Waals surface area contributed by atoms with Crippen molar-refractivity contribution in [3.05, 3.63) is 59.4 Å². The van der Waals surface area contributed by atoms with Crippen molar-refractivity contribution in [3.8, 4) is 0 Å². The molecule has 1 N–H and O–H groups in total. The number of anilines is 1. The first kappa shape index (κ1) is 21.1. The number of pyridine rings is 1. The Hall–Kier alpha value is -2.60. The number of aryl methyl sites for hydroxylation is 2. The molecule has 1 saturated heterocycles. The van der Waals surface area contributed by atoms with Crippen LogP contribution in [0.5, 0.6) is 0 Å². The van der Waals surface area contributed by atoms with E-state index in [-0.39, 0.29) is 12.7 Å². The van der Waals surface area contributed by atoms with Gasteiger partial charge in [0.05, 0.1) is 18.5 Å². The van der Waals surface area contributed by atoms with E-state index in [2.05, 4.69) is 28.1 Å². The predicted molar refractivity (Wildman–Crippen MR) is 114 cm³/mol. The first-order valence-corrected chi connectivity index (χ1v) is 10.2. The normalized spacial score (nSPS) is 14.8. The highest BCUT2D eigenvalue weighted by atomic mass is 16.6. The number of rotatable bonds is 5. The second-order valence-corrected chi connectivity index (χ2v) is 8.44. The van der Waals surface area contributed by atoms with Gasteiger partial charge in [-0.15, -0.1) is 0 Å². The number of aliphatic hydroxyl groups excluding tert-OH is 1. The number of amides is 1. The van der Waals surface area contributed by atoms with Crippen LogP contribution in [0.2, 0.25) is 0 Å². The van der Waals surface area contributed by atoms with Gasteiger partial charge in [-0.1, -0.05) is 24.3 Å². The summed E-state index contributed by atoms with van der Waals surface area (Å²) in [4.78, 5) is 20.8. The molecule has 0 aliphatic carbocycles. The summed E-state index contributed by atoms with van der Waals surface area (Å²) < 4.78 is 5.45. The molecular weight excluding hydrogens is 366 g/mol. The van der Waals surface area contributed by atoms with Gasteiger partial charge in [0.15, 0.2) is 0 Å². The first-order chi connectivity index (χ1) is 13.8. The molecule has 6 nitrogen and oxygen atoms in total. The van der Waals surface area contributed by atoms with Crippen LogP contribution in [0.1, 0.15) is 37.6 Å². The van der Waals surface area contributed by atoms with E-state index in [1.807, 2.05) is 45.2 Å². The lowest BCUT2D eigenvalue weighted by Crippen LogP contribution is -2.50. The van der Waals surface area contributed by atoms with Crippen molar-refractivity contribution in [2.45, 2.75) is 45.8 Å². The van der Waals surface area contributed by atoms with Crippen LogP contribution >= 0.6 is 0 Å². The molecule has 0 saturated carbocycles. The number of aromatic nitrogens is 1. The zero-order valence-corrected chi connectivity index (χ0v) is 17.6. The molecule has 1 aliphatic heterocycles. The minimum Gasteiger partial charge on any atom is -0.444 e. The number of nitrogens with zero attached hydrogens (tertiary/aromatic N) is 3. The quantitative estimate of drug-likeness (QED) is 0.837. The summed E-state index contributed by atoms with van der Waals surface area (Å²) in [5.74, 6) is 0. The Morgan fingerprint density at radius 1 is 1.07 bits per heavy atom. The van der Waals surface area contributed by atoms with Gasteiger partial charge in [0.25, 0.3) is 0 Å². The Balaban J connectivity index is 1.50. The number of benzene rings is 1. The average molecular weight is 398 g/mol. The highest BCUT2D eigenvalue weighted by Gasteiger charge is 2.26. The van der Waals surface area contributed by atoms with Gasteiger partial charge in [-0.2, -0.15) is 0 Å². The van der Waals surface area contributed by atoms with Crippen LogP contribution in [0.25, 0.3) is 0 Å². The van der Waals surface area contributed by atoms with Crippen molar-refractivity contribution in [2.75, 3.05) is 31.1 Å². The number of hydrogen-bond donors (Lipinski definition) is 1. The third-order valence-electron chi connectivity index (χ3n) is 4.95. The standard InChI is InChI=1S/C23H31N3O3/c1-23(2,3)29-22(28)26-13-11-25(12-14-26)21-10-9-20(24-16-21)8-7-18-5-4-6-19(15-18)17-27/h4-6,9-10,15-16,27H,7-8,11-14,17H2,1-3H3. The fourth-order valence-corrected chi connectivity index (χ4v) is 3.38. The molecular formula is C23H31N3O3. The molecule has 2 heterocycles. The van der Waals surface area contributed by atoms with Gasteiger partial charge in [-0.25, -0.2) is 4.79 Å². The number of aliphatic hydroxyl groups is 1. The van der Waals surface area contributed by atoms with Crippen LogP contribution in [0.3, 0.4) is 0 Å². The summed E-state index contributed by atoms with van der Waals surface area (Å²) in [5, 5.41) is 9.25. The molecule has 0 bridgehead atoms. The zero-order chi connectivity index (χ0) is 20.9. The van der Waals surface area contributed by atoms with Gasteiger partial charge in [-0.05, 0) is 56.9 Å². The number of carbonyl (C=O) groups excluding carboxylic acids is 1. The molecule has 0 radical (unpaired) electrons. The van der Waals surface area contributed by atoms with Gasteiger partial charge in [0.1, 0.15) is 5.60 Å². The Labute approximate surface area is 173 Å². The maximum Gasteiger partial charge on any atom is 0.410 e. The van der Waals surface area contributed by atoms with E-state index >= 15 is 0 Å². The summed E-state index contributed by atoms with van der Waals surface area (Å²) >= 11 is 0. The minimum atomic E-state index is -0.465. The van der Waals surface area contributed by atoms with Gasteiger partial charge >= 0.3 is 6.09 Å². The van der Waals surface area contributed by atoms with E-state index in [1.165, 1.54) is 5.56 Å². The Kier molecular flexibility index (Phi) is 6.75. The molecule has 0 unspecified atom stereocenters. The van der Waals surface area contributed by atoms with Crippen molar-refractivity contribution >= 4 is 11.8 Å². The molecule has 1 amide bonds. The first-order valence-electron chi connectivity index (χ1n) is 10.2. The maximum absolute atomic E-state index is 12.2. The molecule has 156 valence electrons. The second-order valence-electron chi connectivity index (χ2n) is 8.44. The number of ether oxygens (including phenoxy) is 1. The van der Waals surface area contributed by atoms with Crippen molar-refractivity contribution < 1.29 is 14.6 Å². The summed E-state index contributed by atoms with van der Waals surface area (Å²) in [6.45, 7) is 8.58. The largest absolute Gasteiger partial charge is 0.444 e. The van der Waals surface area contributed by atoms with E-state index < -0.39 is 5.60 Å². The molecule has 0 spiro atoms. The molecule has 1 aliphatic rings. The highest BCUT2D eigenvalue weighted by molar-refractivity contribution is 5.68. The molecule has 0 atom stereocenters. The van der Waals surface area contributed by atoms with Crippen LogP contribution in [-0.4, -0.2) is 52.9 Å². The smallest absolute Gasteiger partial charge is 0.410 e. The van der Waals surface area contributed by atoms with E-state index in [0.717, 1.165) is 42.9 Å². The van der Waals surface area contributed by atoms with Crippen molar-refractivity contribution in [2.24, 2.45) is 0 Å². The van der Waals surface area contributed by atoms with Gasteiger partial charge in [0.2, 0.25) is 0 Å². The Bertz CT molecular complexity index is 807. The van der Waals surface area contributed by atoms with Gasteiger partial charge in [-0.3, -0.25) is 4.98 Å². The monoisotopic (exact) mass is 397 g/mol. The number of carbonyl (C=O) groups is 1. The zero-order valence-electron chi connectivity index (χ0n) is 17.6. The van der Waals surface area contributed by atoms with Crippen LogP contribution in [0, 0.1) is 0 Å². The SMILES string of the molecule is CC(C)(C)OC(=O)N1CCN(c2ccc(CCc3cccc(CO)c3)nc2)CC1. The highest BCUT2D eigenvalue weighted by Crippen LogP contribution is 2.18. The van der Waals surface area contributed by atoms with Crippen molar-refractivity contribution in [1.82, 2.24) is 9.88 Å². The number of hydrogen-bond acceptors (Lipinski definition) is 5. The van der Waals surface area contributed by atoms with Gasteiger partial charge < -0.3 is 19.6 Å². The Morgan fingerprint density at radius 2 is 1.79 bits per heavy atom. The minimum absolute atomic E-state index is 0.0714. The van der Waals surface area contributed by atoms with Crippen LogP contribution in [0.15, 0.2) is 42.6 Å². The Morgan fingerprint density at radius 3 is 2.41 bits per heavy atom.